The lowest BCUT2D eigenvalue weighted by Crippen LogP contribution is -2.14. The van der Waals surface area contributed by atoms with Crippen molar-refractivity contribution in [2.45, 2.75) is 33.6 Å². The molecule has 0 aromatic carbocycles. The molecule has 12 heavy (non-hydrogen) atoms. The molecule has 0 aliphatic rings. The molecule has 0 rings (SSSR count). The van der Waals surface area contributed by atoms with Crippen LogP contribution in [0.2, 0.25) is 0 Å². The minimum atomic E-state index is 0.168. The average Bonchev–Trinajstić information content (AvgIpc) is 1.96. The van der Waals surface area contributed by atoms with Crippen LogP contribution in [0, 0.1) is 5.41 Å². The van der Waals surface area contributed by atoms with Gasteiger partial charge in [-0.1, -0.05) is 33.0 Å². The van der Waals surface area contributed by atoms with Crippen LogP contribution in [0.4, 0.5) is 0 Å². The molecule has 0 aliphatic carbocycles. The van der Waals surface area contributed by atoms with Gasteiger partial charge < -0.3 is 0 Å². The van der Waals surface area contributed by atoms with Gasteiger partial charge >= 0.3 is 0 Å². The number of thiocarbonyl (C=S) groups is 1. The van der Waals surface area contributed by atoms with E-state index >= 15 is 0 Å². The van der Waals surface area contributed by atoms with E-state index in [-0.39, 0.29) is 5.41 Å². The number of hydrogen-bond acceptors (Lipinski definition) is 2. The molecule has 0 aromatic rings. The Hall–Kier alpha value is 0.730. The smallest absolute Gasteiger partial charge is 0.0532 e. The van der Waals surface area contributed by atoms with Crippen LogP contribution in [-0.2, 0) is 0 Å². The maximum atomic E-state index is 5.56. The van der Waals surface area contributed by atoms with Crippen LogP contribution < -0.4 is 0 Å². The molecule has 0 nitrogen and oxygen atoms in total. The van der Waals surface area contributed by atoms with E-state index in [0.29, 0.717) is 0 Å². The first-order chi connectivity index (χ1) is 5.48. The fraction of sp³-hybridized carbons (Fsp3) is 0.889. The number of hydrogen-bond donors (Lipinski definition) is 0. The number of unbranched alkanes of at least 4 members (excludes halogenated alkanes) is 1. The number of alkyl halides is 1. The van der Waals surface area contributed by atoms with E-state index in [4.69, 9.17) is 23.8 Å². The van der Waals surface area contributed by atoms with E-state index in [0.717, 1.165) is 22.3 Å². The van der Waals surface area contributed by atoms with E-state index in [1.54, 1.807) is 11.8 Å². The third-order valence-electron chi connectivity index (χ3n) is 1.37. The molecule has 0 unspecified atom stereocenters. The van der Waals surface area contributed by atoms with Crippen molar-refractivity contribution >= 4 is 39.8 Å². The molecule has 0 amide bonds. The molecule has 3 heteroatoms. The summed E-state index contributed by atoms with van der Waals surface area (Å²) in [6.45, 7) is 6.47. The van der Waals surface area contributed by atoms with Crippen LogP contribution in [0.25, 0.3) is 0 Å². The summed E-state index contributed by atoms with van der Waals surface area (Å²) in [5, 5.41) is 0. The average molecular weight is 225 g/mol. The summed E-state index contributed by atoms with van der Waals surface area (Å²) >= 11 is 12.6. The minimum absolute atomic E-state index is 0.168. The van der Waals surface area contributed by atoms with E-state index in [1.807, 2.05) is 0 Å². The lowest BCUT2D eigenvalue weighted by atomic mass is 10.0. The van der Waals surface area contributed by atoms with Gasteiger partial charge in [0.05, 0.1) is 4.20 Å². The van der Waals surface area contributed by atoms with Gasteiger partial charge in [-0.2, -0.15) is 0 Å². The Morgan fingerprint density at radius 2 is 1.92 bits per heavy atom. The molecule has 0 N–H and O–H groups in total. The number of thioether (sulfide) groups is 1. The Morgan fingerprint density at radius 1 is 1.33 bits per heavy atom. The summed E-state index contributed by atoms with van der Waals surface area (Å²) < 4.78 is 1.11. The quantitative estimate of drug-likeness (QED) is 0.401. The molecule has 0 aromatic heterocycles. The summed E-state index contributed by atoms with van der Waals surface area (Å²) in [4.78, 5) is 0. The highest BCUT2D eigenvalue weighted by Gasteiger charge is 2.16. The standard InChI is InChI=1S/C9H17ClS2/c1-9(2,3)8(11)12-7-5-4-6-10/h4-7H2,1-3H3. The molecule has 0 bridgehead atoms. The van der Waals surface area contributed by atoms with Crippen molar-refractivity contribution in [2.75, 3.05) is 11.6 Å². The van der Waals surface area contributed by atoms with Crippen molar-refractivity contribution in [3.05, 3.63) is 0 Å². The second kappa shape index (κ2) is 6.22. The molecule has 0 atom stereocenters. The second-order valence-electron chi connectivity index (χ2n) is 3.78. The Kier molecular flexibility index (Phi) is 6.60. The topological polar surface area (TPSA) is 0 Å². The molecule has 0 radical (unpaired) electrons. The summed E-state index contributed by atoms with van der Waals surface area (Å²) in [6, 6.07) is 0. The number of rotatable bonds is 4. The minimum Gasteiger partial charge on any atom is -0.127 e. The highest BCUT2D eigenvalue weighted by atomic mass is 35.5. The highest BCUT2D eigenvalue weighted by Crippen LogP contribution is 2.25. The third kappa shape index (κ3) is 6.27. The Balaban J connectivity index is 3.45. The van der Waals surface area contributed by atoms with Gasteiger partial charge in [0.1, 0.15) is 0 Å². The highest BCUT2D eigenvalue weighted by molar-refractivity contribution is 8.23. The third-order valence-corrected chi connectivity index (χ3v) is 3.97. The largest absolute Gasteiger partial charge is 0.127 e. The Bertz CT molecular complexity index is 138. The predicted molar refractivity (Wildman–Crippen MR) is 64.5 cm³/mol. The van der Waals surface area contributed by atoms with Crippen molar-refractivity contribution in [1.82, 2.24) is 0 Å². The first kappa shape index (κ1) is 12.7. The van der Waals surface area contributed by atoms with Crippen LogP contribution in [0.1, 0.15) is 33.6 Å². The van der Waals surface area contributed by atoms with Gasteiger partial charge in [-0.05, 0) is 18.6 Å². The second-order valence-corrected chi connectivity index (χ2v) is 5.93. The molecule has 0 fully saturated rings. The molecular weight excluding hydrogens is 208 g/mol. The van der Waals surface area contributed by atoms with E-state index in [9.17, 15) is 0 Å². The molecule has 0 saturated heterocycles. The van der Waals surface area contributed by atoms with Crippen molar-refractivity contribution in [3.63, 3.8) is 0 Å². The van der Waals surface area contributed by atoms with E-state index < -0.39 is 0 Å². The normalized spacial score (nSPS) is 11.7. The van der Waals surface area contributed by atoms with Crippen LogP contribution in [0.5, 0.6) is 0 Å². The van der Waals surface area contributed by atoms with Gasteiger partial charge in [0.2, 0.25) is 0 Å². The van der Waals surface area contributed by atoms with Gasteiger partial charge in [0.15, 0.2) is 0 Å². The number of halogens is 1. The molecule has 72 valence electrons. The Morgan fingerprint density at radius 3 is 2.33 bits per heavy atom. The van der Waals surface area contributed by atoms with Gasteiger partial charge in [-0.25, -0.2) is 0 Å². The fourth-order valence-corrected chi connectivity index (χ4v) is 1.98. The van der Waals surface area contributed by atoms with Gasteiger partial charge in [-0.3, -0.25) is 0 Å². The van der Waals surface area contributed by atoms with Crippen molar-refractivity contribution in [3.8, 4) is 0 Å². The molecule has 0 aliphatic heterocycles. The Labute approximate surface area is 90.4 Å². The summed E-state index contributed by atoms with van der Waals surface area (Å²) in [7, 11) is 0. The van der Waals surface area contributed by atoms with Gasteiger partial charge in [-0.15, -0.1) is 23.4 Å². The zero-order chi connectivity index (χ0) is 9.61. The molecular formula is C9H17ClS2. The summed E-state index contributed by atoms with van der Waals surface area (Å²) in [5.41, 5.74) is 0.168. The molecule has 0 heterocycles. The maximum absolute atomic E-state index is 5.56. The summed E-state index contributed by atoms with van der Waals surface area (Å²) in [5.74, 6) is 1.88. The molecule has 0 saturated carbocycles. The van der Waals surface area contributed by atoms with Gasteiger partial charge in [0.25, 0.3) is 0 Å². The lowest BCUT2D eigenvalue weighted by Gasteiger charge is -2.18. The van der Waals surface area contributed by atoms with E-state index in [1.165, 1.54) is 6.42 Å². The zero-order valence-corrected chi connectivity index (χ0v) is 10.4. The van der Waals surface area contributed by atoms with Crippen LogP contribution in [0.15, 0.2) is 0 Å². The van der Waals surface area contributed by atoms with Gasteiger partial charge in [0, 0.05) is 11.3 Å². The van der Waals surface area contributed by atoms with Crippen molar-refractivity contribution < 1.29 is 0 Å². The summed E-state index contributed by atoms with van der Waals surface area (Å²) in [6.07, 6.45) is 2.27. The predicted octanol–water partition coefficient (Wildman–Crippen LogP) is 4.11. The zero-order valence-electron chi connectivity index (χ0n) is 8.02. The molecule has 0 spiro atoms. The maximum Gasteiger partial charge on any atom is 0.0532 e. The van der Waals surface area contributed by atoms with Crippen LogP contribution in [-0.4, -0.2) is 15.8 Å². The fourth-order valence-electron chi connectivity index (χ4n) is 0.578. The van der Waals surface area contributed by atoms with E-state index in [2.05, 4.69) is 20.8 Å². The first-order valence-electron chi connectivity index (χ1n) is 4.21. The first-order valence-corrected chi connectivity index (χ1v) is 6.14. The van der Waals surface area contributed by atoms with Crippen molar-refractivity contribution in [1.29, 1.82) is 0 Å². The van der Waals surface area contributed by atoms with Crippen LogP contribution in [0.3, 0.4) is 0 Å². The van der Waals surface area contributed by atoms with Crippen molar-refractivity contribution in [2.24, 2.45) is 5.41 Å². The lowest BCUT2D eigenvalue weighted by molar-refractivity contribution is 0.610. The SMILES string of the molecule is CC(C)(C)C(=S)SCCCCCl. The monoisotopic (exact) mass is 224 g/mol. The van der Waals surface area contributed by atoms with Crippen LogP contribution >= 0.6 is 35.6 Å².